The molecule has 0 aliphatic heterocycles. The van der Waals surface area contributed by atoms with Crippen LogP contribution in [-0.2, 0) is 14.3 Å². The molecule has 5 heteroatoms. The number of carbonyl (C=O) groups excluding carboxylic acids is 2. The van der Waals surface area contributed by atoms with Crippen molar-refractivity contribution in [3.05, 3.63) is 0 Å². The summed E-state index contributed by atoms with van der Waals surface area (Å²) in [6.07, 6.45) is -0.353. The summed E-state index contributed by atoms with van der Waals surface area (Å²) in [6, 6.07) is 0. The van der Waals surface area contributed by atoms with E-state index in [2.05, 4.69) is 19.2 Å². The third kappa shape index (κ3) is 1.02. The summed E-state index contributed by atoms with van der Waals surface area (Å²) in [6.45, 7) is 9.80. The van der Waals surface area contributed by atoms with E-state index >= 15 is 0 Å². The molecule has 0 aromatic rings. The van der Waals surface area contributed by atoms with Gasteiger partial charge in [0.25, 0.3) is 0 Å². The number of rotatable bonds is 2. The van der Waals surface area contributed by atoms with Crippen LogP contribution in [0.2, 0.25) is 0 Å². The molecule has 0 aromatic carbocycles. The van der Waals surface area contributed by atoms with Gasteiger partial charge in [0.15, 0.2) is 0 Å². The van der Waals surface area contributed by atoms with Crippen molar-refractivity contribution in [2.24, 2.45) is 34.5 Å². The van der Waals surface area contributed by atoms with Crippen LogP contribution in [0.1, 0.15) is 34.6 Å². The van der Waals surface area contributed by atoms with E-state index < -0.39 is 5.60 Å². The van der Waals surface area contributed by atoms with Gasteiger partial charge in [-0.05, 0) is 51.4 Å². The highest BCUT2D eigenvalue weighted by molar-refractivity contribution is 5.93. The lowest BCUT2D eigenvalue weighted by molar-refractivity contribution is -0.219. The van der Waals surface area contributed by atoms with Gasteiger partial charge in [-0.2, -0.15) is 0 Å². The van der Waals surface area contributed by atoms with Gasteiger partial charge in [-0.1, -0.05) is 6.92 Å². The zero-order valence-electron chi connectivity index (χ0n) is 13.4. The summed E-state index contributed by atoms with van der Waals surface area (Å²) < 4.78 is 10.4. The molecule has 4 fully saturated rings. The van der Waals surface area contributed by atoms with Gasteiger partial charge in [-0.15, -0.1) is 0 Å². The number of methoxy groups -OCH3 is 1. The van der Waals surface area contributed by atoms with Crippen LogP contribution in [0.5, 0.6) is 0 Å². The van der Waals surface area contributed by atoms with Crippen molar-refractivity contribution in [3.63, 3.8) is 0 Å². The first-order chi connectivity index (χ1) is 9.60. The van der Waals surface area contributed by atoms with Gasteiger partial charge >= 0.3 is 12.1 Å². The lowest BCUT2D eigenvalue weighted by Crippen LogP contribution is -2.78. The zero-order valence-corrected chi connectivity index (χ0v) is 13.4. The molecular formula is C16H23NO4. The second-order valence-electron chi connectivity index (χ2n) is 8.42. The van der Waals surface area contributed by atoms with Crippen LogP contribution in [-0.4, -0.2) is 30.3 Å². The predicted molar refractivity (Wildman–Crippen MR) is 74.3 cm³/mol. The highest BCUT2D eigenvalue weighted by Crippen LogP contribution is 3.13. The minimum absolute atomic E-state index is 0.0492. The Morgan fingerprint density at radius 1 is 1.14 bits per heavy atom. The van der Waals surface area contributed by atoms with E-state index in [4.69, 9.17) is 9.47 Å². The van der Waals surface area contributed by atoms with E-state index in [1.807, 2.05) is 20.8 Å². The first-order valence-corrected chi connectivity index (χ1v) is 7.69. The van der Waals surface area contributed by atoms with E-state index in [0.29, 0.717) is 17.8 Å². The van der Waals surface area contributed by atoms with Gasteiger partial charge in [0.05, 0.1) is 12.5 Å². The molecule has 116 valence electrons. The first kappa shape index (κ1) is 13.4. The van der Waals surface area contributed by atoms with Gasteiger partial charge in [-0.3, -0.25) is 4.79 Å². The van der Waals surface area contributed by atoms with Gasteiger partial charge in [-0.25, -0.2) is 4.79 Å². The number of ether oxygens (including phenoxy) is 2. The number of carbonyl (C=O) groups is 2. The van der Waals surface area contributed by atoms with Crippen LogP contribution >= 0.6 is 0 Å². The van der Waals surface area contributed by atoms with E-state index in [9.17, 15) is 9.59 Å². The first-order valence-electron chi connectivity index (χ1n) is 7.69. The summed E-state index contributed by atoms with van der Waals surface area (Å²) in [4.78, 5) is 24.1. The molecule has 5 nitrogen and oxygen atoms in total. The Hall–Kier alpha value is -1.26. The Kier molecular flexibility index (Phi) is 1.97. The monoisotopic (exact) mass is 293 g/mol. The summed E-state index contributed by atoms with van der Waals surface area (Å²) in [5, 5.41) is 3.08. The molecule has 1 N–H and O–H groups in total. The van der Waals surface area contributed by atoms with Crippen molar-refractivity contribution in [2.75, 3.05) is 7.11 Å². The average molecular weight is 293 g/mol. The molecule has 7 unspecified atom stereocenters. The number of esters is 1. The molecule has 1 spiro atoms. The summed E-state index contributed by atoms with van der Waals surface area (Å²) >= 11 is 0. The third-order valence-electron chi connectivity index (χ3n) is 6.70. The topological polar surface area (TPSA) is 64.6 Å². The Morgan fingerprint density at radius 2 is 1.76 bits per heavy atom. The standard InChI is InChI=1S/C16H23NO4/c1-7-8-14(5,17-12(19)21-13(2,3)4)9-10-15(7,11(18)20-6)16(8,9)10/h7-10H,1-6H3,(H,17,19). The Bertz CT molecular complexity index is 577. The number of hydrogen-bond acceptors (Lipinski definition) is 4. The Balaban J connectivity index is 1.49. The van der Waals surface area contributed by atoms with Gasteiger partial charge in [0.1, 0.15) is 5.60 Å². The molecule has 4 saturated carbocycles. The molecule has 0 saturated heterocycles. The number of alkyl carbamates (subject to hydrolysis) is 1. The van der Waals surface area contributed by atoms with Crippen molar-refractivity contribution in [1.29, 1.82) is 0 Å². The molecule has 4 aliphatic rings. The van der Waals surface area contributed by atoms with Crippen LogP contribution in [0.25, 0.3) is 0 Å². The second kappa shape index (κ2) is 3.08. The van der Waals surface area contributed by atoms with Gasteiger partial charge in [0.2, 0.25) is 0 Å². The van der Waals surface area contributed by atoms with Crippen LogP contribution in [0.15, 0.2) is 0 Å². The fourth-order valence-corrected chi connectivity index (χ4v) is 6.60. The maximum atomic E-state index is 12.1. The predicted octanol–water partition coefficient (Wildman–Crippen LogP) is 1.95. The summed E-state index contributed by atoms with van der Waals surface area (Å²) in [7, 11) is 1.47. The molecule has 21 heavy (non-hydrogen) atoms. The number of fused-ring (bicyclic) bond motifs is 2. The smallest absolute Gasteiger partial charge is 0.408 e. The Labute approximate surface area is 124 Å². The minimum Gasteiger partial charge on any atom is -0.469 e. The lowest BCUT2D eigenvalue weighted by atomic mass is 9.37. The van der Waals surface area contributed by atoms with E-state index in [-0.39, 0.29) is 34.3 Å². The maximum Gasteiger partial charge on any atom is 0.408 e. The molecule has 0 aromatic heterocycles. The summed E-state index contributed by atoms with van der Waals surface area (Å²) in [5.74, 6) is 1.45. The number of nitrogens with one attached hydrogen (secondary N) is 1. The fraction of sp³-hybridized carbons (Fsp3) is 0.875. The van der Waals surface area contributed by atoms with Crippen LogP contribution in [0, 0.1) is 34.5 Å². The SMILES string of the molecule is COC(=O)C12C(C)C3C(C)(NC(=O)OC(C)(C)C)C4C1C342. The highest BCUT2D eigenvalue weighted by atomic mass is 16.6. The molecule has 1 amide bonds. The van der Waals surface area contributed by atoms with Crippen molar-refractivity contribution in [2.45, 2.75) is 45.8 Å². The average Bonchev–Trinajstić information content (AvgIpc) is 3.10. The van der Waals surface area contributed by atoms with Crippen LogP contribution in [0.4, 0.5) is 4.79 Å². The van der Waals surface area contributed by atoms with Crippen LogP contribution < -0.4 is 5.32 Å². The third-order valence-corrected chi connectivity index (χ3v) is 6.70. The van der Waals surface area contributed by atoms with E-state index in [0.717, 1.165) is 0 Å². The van der Waals surface area contributed by atoms with Crippen LogP contribution in [0.3, 0.4) is 0 Å². The normalized spacial score (nSPS) is 54.2. The maximum absolute atomic E-state index is 12.1. The van der Waals surface area contributed by atoms with Crippen molar-refractivity contribution in [1.82, 2.24) is 5.32 Å². The number of amides is 1. The number of hydrogen-bond donors (Lipinski definition) is 1. The quantitative estimate of drug-likeness (QED) is 0.790. The molecule has 0 heterocycles. The largest absolute Gasteiger partial charge is 0.469 e. The second-order valence-corrected chi connectivity index (χ2v) is 8.42. The Morgan fingerprint density at radius 3 is 2.19 bits per heavy atom. The van der Waals surface area contributed by atoms with Gasteiger partial charge < -0.3 is 14.8 Å². The molecule has 4 rings (SSSR count). The lowest BCUT2D eigenvalue weighted by Gasteiger charge is -2.68. The van der Waals surface area contributed by atoms with Crippen molar-refractivity contribution < 1.29 is 19.1 Å². The minimum atomic E-state index is -0.491. The summed E-state index contributed by atoms with van der Waals surface area (Å²) in [5.41, 5.74) is -0.771. The van der Waals surface area contributed by atoms with E-state index in [1.165, 1.54) is 7.11 Å². The highest BCUT2D eigenvalue weighted by Gasteiger charge is 3.17. The van der Waals surface area contributed by atoms with Crippen molar-refractivity contribution >= 4 is 12.1 Å². The molecule has 0 bridgehead atoms. The zero-order chi connectivity index (χ0) is 15.6. The van der Waals surface area contributed by atoms with E-state index in [1.54, 1.807) is 0 Å². The molecule has 4 aliphatic carbocycles. The molecule has 0 radical (unpaired) electrons. The molecule has 7 atom stereocenters. The van der Waals surface area contributed by atoms with Crippen molar-refractivity contribution in [3.8, 4) is 0 Å². The fourth-order valence-electron chi connectivity index (χ4n) is 6.60. The molecular weight excluding hydrogens is 270 g/mol. The van der Waals surface area contributed by atoms with Gasteiger partial charge in [0, 0.05) is 11.0 Å².